The Balaban J connectivity index is 2.83. The van der Waals surface area contributed by atoms with Gasteiger partial charge in [-0.2, -0.15) is 0 Å². The van der Waals surface area contributed by atoms with Gasteiger partial charge in [0.1, 0.15) is 11.0 Å². The predicted molar refractivity (Wildman–Crippen MR) is 68.7 cm³/mol. The number of anilines is 1. The maximum absolute atomic E-state index is 8.87. The maximum atomic E-state index is 8.87. The van der Waals surface area contributed by atoms with Crippen molar-refractivity contribution in [2.45, 2.75) is 25.8 Å². The molecule has 0 aromatic carbocycles. The Hall–Kier alpha value is -0.220. The van der Waals surface area contributed by atoms with Crippen molar-refractivity contribution in [1.29, 1.82) is 0 Å². The van der Waals surface area contributed by atoms with E-state index in [0.29, 0.717) is 22.3 Å². The Labute approximate surface area is 110 Å². The summed E-state index contributed by atoms with van der Waals surface area (Å²) in [7, 11) is 0. The fourth-order valence-corrected chi connectivity index (χ4v) is 1.83. The van der Waals surface area contributed by atoms with Gasteiger partial charge in [-0.3, -0.25) is 0 Å². The van der Waals surface area contributed by atoms with Crippen LogP contribution in [0.2, 0.25) is 15.2 Å². The molecule has 1 aromatic heterocycles. The van der Waals surface area contributed by atoms with Gasteiger partial charge in [-0.25, -0.2) is 4.98 Å². The average Bonchev–Trinajstić information content (AvgIpc) is 2.25. The van der Waals surface area contributed by atoms with Crippen LogP contribution >= 0.6 is 34.8 Å². The second kappa shape index (κ2) is 6.50. The lowest BCUT2D eigenvalue weighted by Gasteiger charge is -2.17. The van der Waals surface area contributed by atoms with Gasteiger partial charge in [-0.15, -0.1) is 0 Å². The minimum atomic E-state index is 0.116. The number of hydrogen-bond donors (Lipinski definition) is 2. The summed E-state index contributed by atoms with van der Waals surface area (Å²) >= 11 is 17.5. The van der Waals surface area contributed by atoms with Crippen LogP contribution in [0.4, 0.5) is 5.82 Å². The van der Waals surface area contributed by atoms with Gasteiger partial charge in [0.2, 0.25) is 0 Å². The molecular weight excluding hydrogens is 270 g/mol. The quantitative estimate of drug-likeness (QED) is 0.811. The normalized spacial score (nSPS) is 12.6. The maximum Gasteiger partial charge on any atom is 0.150 e. The molecule has 0 aliphatic carbocycles. The summed E-state index contributed by atoms with van der Waals surface area (Å²) in [6.45, 7) is 2.13. The summed E-state index contributed by atoms with van der Waals surface area (Å²) in [6.07, 6.45) is 1.49. The van der Waals surface area contributed by atoms with Crippen LogP contribution in [0, 0.1) is 0 Å². The van der Waals surface area contributed by atoms with Crippen LogP contribution in [0.25, 0.3) is 0 Å². The summed E-state index contributed by atoms with van der Waals surface area (Å²) in [5, 5.41) is 13.0. The van der Waals surface area contributed by atoms with E-state index in [1.807, 2.05) is 6.92 Å². The second-order valence-corrected chi connectivity index (χ2v) is 4.53. The van der Waals surface area contributed by atoms with Crippen LogP contribution < -0.4 is 5.32 Å². The first-order chi connectivity index (χ1) is 7.58. The topological polar surface area (TPSA) is 45.1 Å². The molecule has 1 heterocycles. The smallest absolute Gasteiger partial charge is 0.150 e. The summed E-state index contributed by atoms with van der Waals surface area (Å²) in [6, 6.07) is 1.67. The summed E-state index contributed by atoms with van der Waals surface area (Å²) in [5.74, 6) is 0.497. The van der Waals surface area contributed by atoms with E-state index in [0.717, 1.165) is 6.42 Å². The molecule has 0 spiro atoms. The molecule has 0 amide bonds. The van der Waals surface area contributed by atoms with E-state index in [-0.39, 0.29) is 17.8 Å². The molecule has 16 heavy (non-hydrogen) atoms. The molecule has 0 fully saturated rings. The minimum absolute atomic E-state index is 0.116. The van der Waals surface area contributed by atoms with Crippen molar-refractivity contribution in [3.8, 4) is 0 Å². The molecule has 3 nitrogen and oxygen atoms in total. The van der Waals surface area contributed by atoms with E-state index >= 15 is 0 Å². The fraction of sp³-hybridized carbons (Fsp3) is 0.500. The van der Waals surface area contributed by atoms with Crippen molar-refractivity contribution in [2.24, 2.45) is 0 Å². The molecule has 6 heteroatoms. The van der Waals surface area contributed by atoms with E-state index in [4.69, 9.17) is 39.9 Å². The highest BCUT2D eigenvalue weighted by Crippen LogP contribution is 2.29. The van der Waals surface area contributed by atoms with Crippen molar-refractivity contribution in [3.05, 3.63) is 21.3 Å². The molecule has 0 aliphatic heterocycles. The molecule has 0 aliphatic rings. The highest BCUT2D eigenvalue weighted by Gasteiger charge is 2.11. The molecule has 0 saturated carbocycles. The van der Waals surface area contributed by atoms with Crippen molar-refractivity contribution in [1.82, 2.24) is 4.98 Å². The molecule has 0 radical (unpaired) electrons. The van der Waals surface area contributed by atoms with Crippen LogP contribution in [0.3, 0.4) is 0 Å². The molecule has 1 atom stereocenters. The van der Waals surface area contributed by atoms with Crippen molar-refractivity contribution >= 4 is 40.6 Å². The molecule has 1 aromatic rings. The van der Waals surface area contributed by atoms with Gasteiger partial charge >= 0.3 is 0 Å². The SMILES string of the molecule is CCC(CCO)Nc1nc(Cl)c(Cl)cc1Cl. The Kier molecular flexibility index (Phi) is 5.62. The molecule has 1 rings (SSSR count). The first kappa shape index (κ1) is 13.8. The number of rotatable bonds is 5. The van der Waals surface area contributed by atoms with Crippen LogP contribution in [-0.2, 0) is 0 Å². The first-order valence-electron chi connectivity index (χ1n) is 4.97. The monoisotopic (exact) mass is 282 g/mol. The average molecular weight is 284 g/mol. The van der Waals surface area contributed by atoms with Crippen molar-refractivity contribution in [3.63, 3.8) is 0 Å². The number of nitrogens with zero attached hydrogens (tertiary/aromatic N) is 1. The van der Waals surface area contributed by atoms with E-state index in [1.54, 1.807) is 6.07 Å². The van der Waals surface area contributed by atoms with E-state index in [9.17, 15) is 0 Å². The molecule has 90 valence electrons. The molecule has 0 saturated heterocycles. The summed E-state index contributed by atoms with van der Waals surface area (Å²) in [4.78, 5) is 4.05. The minimum Gasteiger partial charge on any atom is -0.396 e. The Morgan fingerprint density at radius 1 is 1.38 bits per heavy atom. The number of nitrogens with one attached hydrogen (secondary N) is 1. The van der Waals surface area contributed by atoms with Crippen molar-refractivity contribution in [2.75, 3.05) is 11.9 Å². The zero-order chi connectivity index (χ0) is 12.1. The fourth-order valence-electron chi connectivity index (χ4n) is 1.27. The standard InChI is InChI=1S/C10H13Cl3N2O/c1-2-6(3-4-16)14-10-8(12)5-7(11)9(13)15-10/h5-6,16H,2-4H2,1H3,(H,14,15). The zero-order valence-corrected chi connectivity index (χ0v) is 11.1. The summed E-state index contributed by atoms with van der Waals surface area (Å²) < 4.78 is 0. The Morgan fingerprint density at radius 3 is 2.62 bits per heavy atom. The summed E-state index contributed by atoms with van der Waals surface area (Å²) in [5.41, 5.74) is 0. The second-order valence-electron chi connectivity index (χ2n) is 3.35. The molecular formula is C10H13Cl3N2O. The lowest BCUT2D eigenvalue weighted by atomic mass is 10.1. The Morgan fingerprint density at radius 2 is 2.06 bits per heavy atom. The number of hydrogen-bond acceptors (Lipinski definition) is 3. The van der Waals surface area contributed by atoms with Crippen LogP contribution in [-0.4, -0.2) is 22.7 Å². The first-order valence-corrected chi connectivity index (χ1v) is 6.10. The third kappa shape index (κ3) is 3.67. The van der Waals surface area contributed by atoms with E-state index in [1.165, 1.54) is 0 Å². The largest absolute Gasteiger partial charge is 0.396 e. The number of pyridine rings is 1. The number of aliphatic hydroxyl groups is 1. The van der Waals surface area contributed by atoms with Crippen LogP contribution in [0.15, 0.2) is 6.07 Å². The van der Waals surface area contributed by atoms with E-state index < -0.39 is 0 Å². The van der Waals surface area contributed by atoms with Crippen molar-refractivity contribution < 1.29 is 5.11 Å². The predicted octanol–water partition coefficient (Wildman–Crippen LogP) is 3.61. The van der Waals surface area contributed by atoms with Crippen LogP contribution in [0.5, 0.6) is 0 Å². The number of halogens is 3. The molecule has 0 bridgehead atoms. The third-order valence-corrected chi connectivity index (χ3v) is 3.16. The highest BCUT2D eigenvalue weighted by molar-refractivity contribution is 6.42. The van der Waals surface area contributed by atoms with Crippen LogP contribution in [0.1, 0.15) is 19.8 Å². The van der Waals surface area contributed by atoms with Gasteiger partial charge in [0.15, 0.2) is 0 Å². The van der Waals surface area contributed by atoms with Gasteiger partial charge in [0.05, 0.1) is 10.0 Å². The highest BCUT2D eigenvalue weighted by atomic mass is 35.5. The lowest BCUT2D eigenvalue weighted by molar-refractivity contribution is 0.278. The van der Waals surface area contributed by atoms with Gasteiger partial charge in [-0.1, -0.05) is 41.7 Å². The lowest BCUT2D eigenvalue weighted by Crippen LogP contribution is -2.20. The number of aliphatic hydroxyl groups excluding tert-OH is 1. The molecule has 1 unspecified atom stereocenters. The zero-order valence-electron chi connectivity index (χ0n) is 8.80. The Bertz CT molecular complexity index is 360. The van der Waals surface area contributed by atoms with Gasteiger partial charge in [-0.05, 0) is 18.9 Å². The number of aromatic nitrogens is 1. The molecule has 2 N–H and O–H groups in total. The van der Waals surface area contributed by atoms with Gasteiger partial charge < -0.3 is 10.4 Å². The van der Waals surface area contributed by atoms with Gasteiger partial charge in [0.25, 0.3) is 0 Å². The van der Waals surface area contributed by atoms with Gasteiger partial charge in [0, 0.05) is 12.6 Å². The third-order valence-electron chi connectivity index (χ3n) is 2.20. The van der Waals surface area contributed by atoms with E-state index in [2.05, 4.69) is 10.3 Å².